The number of anilines is 2. The number of carboxylic acid groups (broad SMARTS) is 1. The Labute approximate surface area is 222 Å². The van der Waals surface area contributed by atoms with Crippen LogP contribution < -0.4 is 14.9 Å². The molecule has 1 heterocycles. The van der Waals surface area contributed by atoms with Gasteiger partial charge in [-0.3, -0.25) is 15.4 Å². The van der Waals surface area contributed by atoms with Crippen molar-refractivity contribution in [3.8, 4) is 22.9 Å². The van der Waals surface area contributed by atoms with E-state index in [0.717, 1.165) is 28.3 Å². The highest BCUT2D eigenvalue weighted by Crippen LogP contribution is 2.31. The molecule has 0 aliphatic rings. The predicted molar refractivity (Wildman–Crippen MR) is 146 cm³/mol. The largest absolute Gasteiger partial charge is 0.478 e. The lowest BCUT2D eigenvalue weighted by Crippen LogP contribution is -2.09. The van der Waals surface area contributed by atoms with E-state index in [1.807, 2.05) is 49.7 Å². The van der Waals surface area contributed by atoms with Gasteiger partial charge in [-0.2, -0.15) is 4.98 Å². The second kappa shape index (κ2) is 12.1. The number of carboxylic acids is 1. The number of hydrogen-bond acceptors (Lipinski definition) is 7. The van der Waals surface area contributed by atoms with Gasteiger partial charge in [0.1, 0.15) is 5.75 Å². The lowest BCUT2D eigenvalue weighted by molar-refractivity contribution is -0.131. The standard InChI is InChI=1S/C28H26N4O5S/c1-18-7-3-8-19(2)27(18)24-17-25(37-22-12-4-9-20(15-22)10-5-14-26(33)34)30-28(29-24)32-38(36)23-13-6-11-21(16-23)31-35/h3-9,11-17,31,35H,10H2,1-2H3,(H,33,34)(H,29,30,32)/b14-5+. The van der Waals surface area contributed by atoms with Crippen molar-refractivity contribution in [2.75, 3.05) is 10.2 Å². The van der Waals surface area contributed by atoms with Gasteiger partial charge in [0.05, 0.1) is 16.3 Å². The van der Waals surface area contributed by atoms with E-state index in [1.54, 1.807) is 48.5 Å². The van der Waals surface area contributed by atoms with Crippen molar-refractivity contribution in [3.05, 3.63) is 102 Å². The number of aryl methyl sites for hydroxylation is 2. The zero-order chi connectivity index (χ0) is 27.1. The van der Waals surface area contributed by atoms with Crippen molar-refractivity contribution in [3.63, 3.8) is 0 Å². The van der Waals surface area contributed by atoms with Crippen molar-refractivity contribution < 1.29 is 24.1 Å². The van der Waals surface area contributed by atoms with E-state index in [9.17, 15) is 14.2 Å². The number of ether oxygens (including phenoxy) is 1. The molecule has 0 saturated carbocycles. The number of benzene rings is 3. The smallest absolute Gasteiger partial charge is 0.327 e. The highest BCUT2D eigenvalue weighted by atomic mass is 32.2. The first-order valence-electron chi connectivity index (χ1n) is 11.6. The second-order valence-corrected chi connectivity index (χ2v) is 9.60. The average Bonchev–Trinajstić information content (AvgIpc) is 2.88. The van der Waals surface area contributed by atoms with E-state index in [0.29, 0.717) is 28.4 Å². The van der Waals surface area contributed by atoms with E-state index in [4.69, 9.17) is 9.84 Å². The first-order valence-corrected chi connectivity index (χ1v) is 12.8. The number of allylic oxidation sites excluding steroid dienone is 1. The molecule has 0 bridgehead atoms. The topological polar surface area (TPSA) is 134 Å². The molecule has 38 heavy (non-hydrogen) atoms. The van der Waals surface area contributed by atoms with E-state index in [-0.39, 0.29) is 11.8 Å². The van der Waals surface area contributed by atoms with Gasteiger partial charge in [0.25, 0.3) is 0 Å². The van der Waals surface area contributed by atoms with Gasteiger partial charge in [0.2, 0.25) is 11.8 Å². The quantitative estimate of drug-likeness (QED) is 0.152. The van der Waals surface area contributed by atoms with E-state index in [1.165, 1.54) is 0 Å². The van der Waals surface area contributed by atoms with Gasteiger partial charge < -0.3 is 9.84 Å². The van der Waals surface area contributed by atoms with E-state index >= 15 is 0 Å². The molecule has 1 aromatic heterocycles. The van der Waals surface area contributed by atoms with Crippen LogP contribution in [-0.4, -0.2) is 30.5 Å². The third-order valence-electron chi connectivity index (χ3n) is 5.54. The summed E-state index contributed by atoms with van der Waals surface area (Å²) in [6.07, 6.45) is 3.08. The summed E-state index contributed by atoms with van der Waals surface area (Å²) in [5, 5.41) is 18.0. The number of nitrogens with zero attached hydrogens (tertiary/aromatic N) is 2. The molecule has 0 saturated heterocycles. The van der Waals surface area contributed by atoms with Gasteiger partial charge in [-0.05, 0) is 67.3 Å². The fourth-order valence-electron chi connectivity index (χ4n) is 3.84. The van der Waals surface area contributed by atoms with Crippen molar-refractivity contribution in [2.45, 2.75) is 25.2 Å². The molecular formula is C28H26N4O5S. The summed E-state index contributed by atoms with van der Waals surface area (Å²) in [7, 11) is -1.73. The van der Waals surface area contributed by atoms with Crippen molar-refractivity contribution in [2.24, 2.45) is 0 Å². The SMILES string of the molecule is Cc1cccc(C)c1-c1cc(Oc2cccc(C/C=C/C(=O)O)c2)nc(NS(=O)c2cccc(NO)c2)n1. The van der Waals surface area contributed by atoms with Crippen molar-refractivity contribution in [1.82, 2.24) is 9.97 Å². The van der Waals surface area contributed by atoms with Crippen molar-refractivity contribution >= 4 is 28.6 Å². The van der Waals surface area contributed by atoms with Crippen LogP contribution in [0.2, 0.25) is 0 Å². The fraction of sp³-hybridized carbons (Fsp3) is 0.107. The molecular weight excluding hydrogens is 504 g/mol. The van der Waals surface area contributed by atoms with E-state index < -0.39 is 17.0 Å². The maximum atomic E-state index is 13.0. The molecule has 10 heteroatoms. The summed E-state index contributed by atoms with van der Waals surface area (Å²) in [6.45, 7) is 3.97. The van der Waals surface area contributed by atoms with Crippen LogP contribution in [0.1, 0.15) is 16.7 Å². The van der Waals surface area contributed by atoms with Crippen molar-refractivity contribution in [1.29, 1.82) is 0 Å². The van der Waals surface area contributed by atoms with Crippen LogP contribution in [0.5, 0.6) is 11.6 Å². The van der Waals surface area contributed by atoms with Gasteiger partial charge in [-0.15, -0.1) is 0 Å². The maximum absolute atomic E-state index is 13.0. The molecule has 0 aliphatic heterocycles. The average molecular weight is 531 g/mol. The first-order chi connectivity index (χ1) is 18.3. The Morgan fingerprint density at radius 3 is 2.47 bits per heavy atom. The molecule has 0 spiro atoms. The minimum Gasteiger partial charge on any atom is -0.478 e. The maximum Gasteiger partial charge on any atom is 0.327 e. The fourth-order valence-corrected chi connectivity index (χ4v) is 4.66. The zero-order valence-corrected chi connectivity index (χ0v) is 21.5. The van der Waals surface area contributed by atoms with E-state index in [2.05, 4.69) is 14.7 Å². The summed E-state index contributed by atoms with van der Waals surface area (Å²) in [6, 6.07) is 21.4. The molecule has 1 unspecified atom stereocenters. The second-order valence-electron chi connectivity index (χ2n) is 8.39. The number of aromatic nitrogens is 2. The van der Waals surface area contributed by atoms with Crippen LogP contribution in [0.3, 0.4) is 0 Å². The summed E-state index contributed by atoms with van der Waals surface area (Å²) >= 11 is 0. The molecule has 1 atom stereocenters. The highest BCUT2D eigenvalue weighted by molar-refractivity contribution is 7.86. The molecule has 4 rings (SSSR count). The zero-order valence-electron chi connectivity index (χ0n) is 20.7. The molecule has 194 valence electrons. The Morgan fingerprint density at radius 1 is 1.00 bits per heavy atom. The predicted octanol–water partition coefficient (Wildman–Crippen LogP) is 5.67. The molecule has 4 N–H and O–H groups in total. The Bertz CT molecular complexity index is 1500. The van der Waals surface area contributed by atoms with Crippen LogP contribution in [0, 0.1) is 13.8 Å². The Kier molecular flexibility index (Phi) is 8.47. The number of hydrogen-bond donors (Lipinski definition) is 4. The Morgan fingerprint density at radius 2 is 1.74 bits per heavy atom. The van der Waals surface area contributed by atoms with Crippen LogP contribution in [0.4, 0.5) is 11.6 Å². The van der Waals surface area contributed by atoms with Crippen LogP contribution in [0.25, 0.3) is 11.3 Å². The first kappa shape index (κ1) is 26.5. The Hall–Kier alpha value is -4.54. The molecule has 0 fully saturated rings. The number of rotatable bonds is 10. The van der Waals surface area contributed by atoms with Crippen LogP contribution in [-0.2, 0) is 22.2 Å². The molecule has 0 aliphatic carbocycles. The minimum atomic E-state index is -1.73. The number of nitrogens with one attached hydrogen (secondary N) is 2. The summed E-state index contributed by atoms with van der Waals surface area (Å²) in [4.78, 5) is 20.2. The monoisotopic (exact) mass is 530 g/mol. The molecule has 9 nitrogen and oxygen atoms in total. The van der Waals surface area contributed by atoms with Gasteiger partial charge in [-0.1, -0.05) is 42.5 Å². The summed E-state index contributed by atoms with van der Waals surface area (Å²) in [5.41, 5.74) is 6.82. The van der Waals surface area contributed by atoms with Gasteiger partial charge >= 0.3 is 5.97 Å². The number of aliphatic carboxylic acids is 1. The normalized spacial score (nSPS) is 11.8. The van der Waals surface area contributed by atoms with Gasteiger partial charge in [0, 0.05) is 17.7 Å². The Balaban J connectivity index is 1.69. The molecule has 4 aromatic rings. The summed E-state index contributed by atoms with van der Waals surface area (Å²) in [5.74, 6) is -0.164. The number of carbonyl (C=O) groups is 1. The highest BCUT2D eigenvalue weighted by Gasteiger charge is 2.15. The van der Waals surface area contributed by atoms with Crippen LogP contribution in [0.15, 0.2) is 89.8 Å². The lowest BCUT2D eigenvalue weighted by Gasteiger charge is -2.14. The van der Waals surface area contributed by atoms with Gasteiger partial charge in [-0.25, -0.2) is 14.0 Å². The molecule has 0 amide bonds. The lowest BCUT2D eigenvalue weighted by atomic mass is 10.00. The third-order valence-corrected chi connectivity index (χ3v) is 6.59. The van der Waals surface area contributed by atoms with Gasteiger partial charge in [0.15, 0.2) is 11.0 Å². The third kappa shape index (κ3) is 6.81. The minimum absolute atomic E-state index is 0.0985. The molecule has 0 radical (unpaired) electrons. The molecule has 3 aromatic carbocycles. The van der Waals surface area contributed by atoms with Crippen LogP contribution >= 0.6 is 0 Å². The summed E-state index contributed by atoms with van der Waals surface area (Å²) < 4.78 is 22.0.